The minimum atomic E-state index is 0. The Morgan fingerprint density at radius 2 is 1.73 bits per heavy atom. The number of nitrogens with zero attached hydrogens (tertiary/aromatic N) is 1. The Morgan fingerprint density at radius 1 is 1.09 bits per heavy atom. The first-order valence-corrected chi connectivity index (χ1v) is 8.87. The van der Waals surface area contributed by atoms with Crippen LogP contribution in [0.3, 0.4) is 0 Å². The largest absolute Gasteiger partial charge is 0.508 e. The second-order valence-corrected chi connectivity index (χ2v) is 5.88. The average molecular weight is 437 g/mol. The van der Waals surface area contributed by atoms with E-state index in [2.05, 4.69) is 21.9 Å². The summed E-state index contributed by atoms with van der Waals surface area (Å²) in [5.41, 5.74) is 1.25. The van der Waals surface area contributed by atoms with E-state index in [0.29, 0.717) is 5.75 Å². The zero-order chi connectivity index (χ0) is 15.3. The summed E-state index contributed by atoms with van der Waals surface area (Å²) in [5, 5.41) is 15.9. The van der Waals surface area contributed by atoms with Crippen molar-refractivity contribution < 1.29 is 5.11 Å². The summed E-state index contributed by atoms with van der Waals surface area (Å²) < 4.78 is 0. The van der Waals surface area contributed by atoms with Gasteiger partial charge >= 0.3 is 0 Å². The molecule has 0 amide bonds. The van der Waals surface area contributed by atoms with Crippen LogP contribution in [0.25, 0.3) is 0 Å². The van der Waals surface area contributed by atoms with Crippen LogP contribution in [0.1, 0.15) is 24.8 Å². The molecule has 6 heteroatoms. The zero-order valence-corrected chi connectivity index (χ0v) is 16.6. The first kappa shape index (κ1) is 21.4. The molecule has 1 rings (SSSR count). The molecular formula is C16H28IN3OS. The standard InChI is InChI=1S/C16H27N3OS.HI/c1-17-16(18-11-3-4-13-21-2)19-12-5-6-14-7-9-15(20)10-8-14;/h7-10,20H,3-6,11-13H2,1-2H3,(H2,17,18,19);1H. The van der Waals surface area contributed by atoms with Gasteiger partial charge in [-0.1, -0.05) is 12.1 Å². The molecule has 1 aromatic rings. The number of hydrogen-bond donors (Lipinski definition) is 3. The smallest absolute Gasteiger partial charge is 0.190 e. The lowest BCUT2D eigenvalue weighted by Gasteiger charge is -2.11. The van der Waals surface area contributed by atoms with Gasteiger partial charge in [0.25, 0.3) is 0 Å². The number of aliphatic imine (C=N–C) groups is 1. The van der Waals surface area contributed by atoms with Crippen LogP contribution in [-0.4, -0.2) is 43.2 Å². The molecule has 0 aromatic heterocycles. The van der Waals surface area contributed by atoms with E-state index in [0.717, 1.165) is 31.9 Å². The van der Waals surface area contributed by atoms with Gasteiger partial charge in [-0.2, -0.15) is 11.8 Å². The van der Waals surface area contributed by atoms with Crippen molar-refractivity contribution in [2.45, 2.75) is 25.7 Å². The summed E-state index contributed by atoms with van der Waals surface area (Å²) in [6.45, 7) is 1.86. The fourth-order valence-electron chi connectivity index (χ4n) is 1.96. The highest BCUT2D eigenvalue weighted by molar-refractivity contribution is 14.0. The molecule has 0 unspecified atom stereocenters. The molecule has 0 aliphatic rings. The predicted octanol–water partition coefficient (Wildman–Crippen LogP) is 3.25. The van der Waals surface area contributed by atoms with Gasteiger partial charge in [0, 0.05) is 20.1 Å². The molecule has 0 aliphatic heterocycles. The lowest BCUT2D eigenvalue weighted by Crippen LogP contribution is -2.38. The summed E-state index contributed by atoms with van der Waals surface area (Å²) in [5.74, 6) is 2.42. The quantitative estimate of drug-likeness (QED) is 0.240. The number of benzene rings is 1. The number of thioether (sulfide) groups is 1. The molecule has 0 atom stereocenters. The highest BCUT2D eigenvalue weighted by atomic mass is 127. The van der Waals surface area contributed by atoms with Crippen molar-refractivity contribution in [1.29, 1.82) is 0 Å². The number of phenolic OH excluding ortho intramolecular Hbond substituents is 1. The van der Waals surface area contributed by atoms with Crippen molar-refractivity contribution in [3.8, 4) is 5.75 Å². The summed E-state index contributed by atoms with van der Waals surface area (Å²) in [4.78, 5) is 4.22. The van der Waals surface area contributed by atoms with Crippen molar-refractivity contribution in [3.05, 3.63) is 29.8 Å². The second kappa shape index (κ2) is 14.0. The number of halogens is 1. The van der Waals surface area contributed by atoms with Crippen LogP contribution in [0.4, 0.5) is 0 Å². The van der Waals surface area contributed by atoms with Gasteiger partial charge < -0.3 is 15.7 Å². The van der Waals surface area contributed by atoms with Crippen LogP contribution in [0.2, 0.25) is 0 Å². The molecule has 4 nitrogen and oxygen atoms in total. The van der Waals surface area contributed by atoms with E-state index in [4.69, 9.17) is 0 Å². The van der Waals surface area contributed by atoms with Crippen molar-refractivity contribution in [1.82, 2.24) is 10.6 Å². The van der Waals surface area contributed by atoms with Crippen LogP contribution < -0.4 is 10.6 Å². The van der Waals surface area contributed by atoms with E-state index in [1.807, 2.05) is 23.9 Å². The molecule has 0 heterocycles. The number of aromatic hydroxyl groups is 1. The van der Waals surface area contributed by atoms with Gasteiger partial charge in [-0.25, -0.2) is 0 Å². The van der Waals surface area contributed by atoms with Crippen molar-refractivity contribution in [3.63, 3.8) is 0 Å². The molecule has 0 fully saturated rings. The minimum Gasteiger partial charge on any atom is -0.508 e. The average Bonchev–Trinajstić information content (AvgIpc) is 2.51. The fourth-order valence-corrected chi connectivity index (χ4v) is 2.45. The molecule has 3 N–H and O–H groups in total. The highest BCUT2D eigenvalue weighted by Gasteiger charge is 1.98. The van der Waals surface area contributed by atoms with Crippen LogP contribution >= 0.6 is 35.7 Å². The number of rotatable bonds is 9. The summed E-state index contributed by atoms with van der Waals surface area (Å²) in [7, 11) is 1.80. The van der Waals surface area contributed by atoms with Crippen LogP contribution in [0.15, 0.2) is 29.3 Å². The Kier molecular flexibility index (Phi) is 13.6. The van der Waals surface area contributed by atoms with E-state index in [-0.39, 0.29) is 24.0 Å². The third-order valence-corrected chi connectivity index (χ3v) is 3.86. The first-order valence-electron chi connectivity index (χ1n) is 7.47. The minimum absolute atomic E-state index is 0. The van der Waals surface area contributed by atoms with Crippen LogP contribution in [0.5, 0.6) is 5.75 Å². The van der Waals surface area contributed by atoms with E-state index < -0.39 is 0 Å². The van der Waals surface area contributed by atoms with Gasteiger partial charge in [-0.05, 0) is 55.4 Å². The van der Waals surface area contributed by atoms with Gasteiger partial charge in [0.1, 0.15) is 5.75 Å². The molecule has 0 saturated carbocycles. The van der Waals surface area contributed by atoms with E-state index >= 15 is 0 Å². The van der Waals surface area contributed by atoms with E-state index in [1.165, 1.54) is 24.2 Å². The molecule has 1 aromatic carbocycles. The number of hydrogen-bond acceptors (Lipinski definition) is 3. The monoisotopic (exact) mass is 437 g/mol. The molecule has 22 heavy (non-hydrogen) atoms. The Balaban J connectivity index is 0.00000441. The van der Waals surface area contributed by atoms with Gasteiger partial charge in [0.15, 0.2) is 5.96 Å². The topological polar surface area (TPSA) is 56.7 Å². The maximum atomic E-state index is 9.23. The molecule has 0 spiro atoms. The number of unbranched alkanes of at least 4 members (excludes halogenated alkanes) is 1. The second-order valence-electron chi connectivity index (χ2n) is 4.90. The Bertz CT molecular complexity index is 412. The fraction of sp³-hybridized carbons (Fsp3) is 0.562. The lowest BCUT2D eigenvalue weighted by molar-refractivity contribution is 0.475. The molecule has 126 valence electrons. The molecule has 0 saturated heterocycles. The Hall–Kier alpha value is -0.630. The van der Waals surface area contributed by atoms with Gasteiger partial charge in [0.05, 0.1) is 0 Å². The Morgan fingerprint density at radius 3 is 2.32 bits per heavy atom. The third-order valence-electron chi connectivity index (χ3n) is 3.16. The number of nitrogens with one attached hydrogen (secondary N) is 2. The maximum absolute atomic E-state index is 9.23. The first-order chi connectivity index (χ1) is 10.3. The van der Waals surface area contributed by atoms with Crippen molar-refractivity contribution in [2.24, 2.45) is 4.99 Å². The lowest BCUT2D eigenvalue weighted by atomic mass is 10.1. The maximum Gasteiger partial charge on any atom is 0.190 e. The van der Waals surface area contributed by atoms with Crippen LogP contribution in [0, 0.1) is 0 Å². The third kappa shape index (κ3) is 10.2. The van der Waals surface area contributed by atoms with Crippen molar-refractivity contribution >= 4 is 41.7 Å². The predicted molar refractivity (Wildman–Crippen MR) is 109 cm³/mol. The molecular weight excluding hydrogens is 409 g/mol. The van der Waals surface area contributed by atoms with Gasteiger partial charge in [-0.3, -0.25) is 4.99 Å². The molecule has 0 radical (unpaired) electrons. The van der Waals surface area contributed by atoms with Crippen LogP contribution in [-0.2, 0) is 6.42 Å². The summed E-state index contributed by atoms with van der Waals surface area (Å²) in [6.07, 6.45) is 6.60. The zero-order valence-electron chi connectivity index (χ0n) is 13.5. The molecule has 0 aliphatic carbocycles. The van der Waals surface area contributed by atoms with Gasteiger partial charge in [0.2, 0.25) is 0 Å². The van der Waals surface area contributed by atoms with E-state index in [9.17, 15) is 5.11 Å². The van der Waals surface area contributed by atoms with Gasteiger partial charge in [-0.15, -0.1) is 24.0 Å². The number of phenols is 1. The summed E-state index contributed by atoms with van der Waals surface area (Å²) in [6, 6.07) is 7.40. The molecule has 0 bridgehead atoms. The summed E-state index contributed by atoms with van der Waals surface area (Å²) >= 11 is 1.89. The van der Waals surface area contributed by atoms with Crippen molar-refractivity contribution in [2.75, 3.05) is 32.1 Å². The SMILES string of the molecule is CN=C(NCCCCSC)NCCCc1ccc(O)cc1.I. The van der Waals surface area contributed by atoms with E-state index in [1.54, 1.807) is 19.2 Å². The number of aryl methyl sites for hydroxylation is 1. The Labute approximate surface area is 155 Å². The normalized spacial score (nSPS) is 10.9. The highest BCUT2D eigenvalue weighted by Crippen LogP contribution is 2.10. The number of guanidine groups is 1.